The van der Waals surface area contributed by atoms with Gasteiger partial charge in [0.1, 0.15) is 17.9 Å². The predicted octanol–water partition coefficient (Wildman–Crippen LogP) is 3.74. The lowest BCUT2D eigenvalue weighted by Gasteiger charge is -2.29. The van der Waals surface area contributed by atoms with E-state index in [0.717, 1.165) is 0 Å². The van der Waals surface area contributed by atoms with E-state index in [1.807, 2.05) is 0 Å². The van der Waals surface area contributed by atoms with Crippen LogP contribution in [-0.4, -0.2) is 23.5 Å². The maximum atomic E-state index is 13.0. The molecule has 0 radical (unpaired) electrons. The molecule has 3 rings (SSSR count). The third kappa shape index (κ3) is 4.07. The molecule has 0 bridgehead atoms. The summed E-state index contributed by atoms with van der Waals surface area (Å²) in [4.78, 5) is 26.6. The van der Waals surface area contributed by atoms with Gasteiger partial charge < -0.3 is 4.74 Å². The zero-order chi connectivity index (χ0) is 19.4. The molecule has 7 heteroatoms. The van der Waals surface area contributed by atoms with E-state index in [1.54, 1.807) is 54.6 Å². The molecule has 2 aromatic rings. The Labute approximate surface area is 166 Å². The molecular formula is C20H15ClN2O3S. The predicted molar refractivity (Wildman–Crippen MR) is 110 cm³/mol. The number of benzene rings is 2. The van der Waals surface area contributed by atoms with E-state index in [4.69, 9.17) is 28.6 Å². The molecule has 0 unspecified atom stereocenters. The summed E-state index contributed by atoms with van der Waals surface area (Å²) in [5.41, 5.74) is 1.06. The van der Waals surface area contributed by atoms with Crippen LogP contribution in [0.2, 0.25) is 5.02 Å². The van der Waals surface area contributed by atoms with Gasteiger partial charge in [-0.2, -0.15) is 0 Å². The zero-order valence-corrected chi connectivity index (χ0v) is 15.7. The second kappa shape index (κ2) is 8.16. The van der Waals surface area contributed by atoms with Crippen molar-refractivity contribution in [3.63, 3.8) is 0 Å². The number of nitrogens with one attached hydrogen (secondary N) is 1. The third-order valence-electron chi connectivity index (χ3n) is 3.76. The number of hydrogen-bond acceptors (Lipinski definition) is 4. The van der Waals surface area contributed by atoms with Crippen LogP contribution in [0.25, 0.3) is 6.08 Å². The van der Waals surface area contributed by atoms with E-state index in [9.17, 15) is 9.59 Å². The van der Waals surface area contributed by atoms with Crippen LogP contribution in [0.1, 0.15) is 5.56 Å². The molecule has 1 heterocycles. The van der Waals surface area contributed by atoms with E-state index >= 15 is 0 Å². The zero-order valence-electron chi connectivity index (χ0n) is 14.1. The Morgan fingerprint density at radius 2 is 1.85 bits per heavy atom. The molecule has 2 amide bonds. The van der Waals surface area contributed by atoms with Crippen LogP contribution in [0.15, 0.2) is 66.8 Å². The third-order valence-corrected chi connectivity index (χ3v) is 4.30. The summed E-state index contributed by atoms with van der Waals surface area (Å²) >= 11 is 11.1. The van der Waals surface area contributed by atoms with Gasteiger partial charge in [0.15, 0.2) is 5.11 Å². The second-order valence-corrected chi connectivity index (χ2v) is 6.39. The summed E-state index contributed by atoms with van der Waals surface area (Å²) < 4.78 is 5.58. The molecule has 0 atom stereocenters. The fourth-order valence-electron chi connectivity index (χ4n) is 2.52. The first-order valence-corrected chi connectivity index (χ1v) is 8.79. The average molecular weight is 399 g/mol. The van der Waals surface area contributed by atoms with Crippen molar-refractivity contribution in [2.75, 3.05) is 11.5 Å². The summed E-state index contributed by atoms with van der Waals surface area (Å²) in [6.07, 6.45) is 3.10. The molecule has 1 fully saturated rings. The van der Waals surface area contributed by atoms with Gasteiger partial charge in [-0.1, -0.05) is 42.5 Å². The topological polar surface area (TPSA) is 58.6 Å². The van der Waals surface area contributed by atoms with Gasteiger partial charge in [0.2, 0.25) is 0 Å². The fourth-order valence-corrected chi connectivity index (χ4v) is 2.92. The first-order chi connectivity index (χ1) is 13.0. The van der Waals surface area contributed by atoms with Crippen LogP contribution < -0.4 is 15.0 Å². The number of ether oxygens (including phenoxy) is 1. The van der Waals surface area contributed by atoms with Gasteiger partial charge in [-0.15, -0.1) is 0 Å². The lowest BCUT2D eigenvalue weighted by molar-refractivity contribution is -0.122. The van der Waals surface area contributed by atoms with Crippen molar-refractivity contribution in [1.29, 1.82) is 0 Å². The molecule has 136 valence electrons. The van der Waals surface area contributed by atoms with Gasteiger partial charge in [0, 0.05) is 10.6 Å². The number of halogens is 1. The van der Waals surface area contributed by atoms with Crippen molar-refractivity contribution >= 4 is 52.5 Å². The highest BCUT2D eigenvalue weighted by atomic mass is 35.5. The minimum absolute atomic E-state index is 0.0145. The highest BCUT2D eigenvalue weighted by Crippen LogP contribution is 2.26. The lowest BCUT2D eigenvalue weighted by atomic mass is 10.1. The van der Waals surface area contributed by atoms with Gasteiger partial charge in [-0.05, 0) is 48.6 Å². The van der Waals surface area contributed by atoms with Crippen LogP contribution in [0.4, 0.5) is 5.69 Å². The summed E-state index contributed by atoms with van der Waals surface area (Å²) in [6, 6.07) is 13.7. The molecule has 27 heavy (non-hydrogen) atoms. The number of rotatable bonds is 5. The Bertz CT molecular complexity index is 954. The van der Waals surface area contributed by atoms with Crippen molar-refractivity contribution in [3.05, 3.63) is 77.3 Å². The maximum absolute atomic E-state index is 13.0. The number of thiocarbonyl (C=S) groups is 1. The van der Waals surface area contributed by atoms with Crippen LogP contribution in [-0.2, 0) is 9.59 Å². The highest BCUT2D eigenvalue weighted by molar-refractivity contribution is 7.80. The van der Waals surface area contributed by atoms with Crippen LogP contribution >= 0.6 is 23.8 Å². The molecule has 0 aliphatic carbocycles. The van der Waals surface area contributed by atoms with Crippen molar-refractivity contribution in [3.8, 4) is 5.75 Å². The van der Waals surface area contributed by atoms with E-state index in [-0.39, 0.29) is 10.7 Å². The lowest BCUT2D eigenvalue weighted by Crippen LogP contribution is -2.54. The molecule has 0 spiro atoms. The summed E-state index contributed by atoms with van der Waals surface area (Å²) in [5.74, 6) is -0.546. The molecule has 0 aromatic heterocycles. The van der Waals surface area contributed by atoms with Gasteiger partial charge in [-0.3, -0.25) is 19.8 Å². The van der Waals surface area contributed by atoms with Gasteiger partial charge >= 0.3 is 0 Å². The van der Waals surface area contributed by atoms with Crippen LogP contribution in [0.5, 0.6) is 5.75 Å². The highest BCUT2D eigenvalue weighted by Gasteiger charge is 2.34. The van der Waals surface area contributed by atoms with Gasteiger partial charge in [0.05, 0.1) is 5.69 Å². The molecule has 5 nitrogen and oxygen atoms in total. The summed E-state index contributed by atoms with van der Waals surface area (Å²) in [7, 11) is 0. The Hall–Kier alpha value is -2.96. The van der Waals surface area contributed by atoms with E-state index in [2.05, 4.69) is 11.9 Å². The monoisotopic (exact) mass is 398 g/mol. The average Bonchev–Trinajstić information content (AvgIpc) is 2.65. The van der Waals surface area contributed by atoms with Crippen LogP contribution in [0.3, 0.4) is 0 Å². The maximum Gasteiger partial charge on any atom is 0.270 e. The van der Waals surface area contributed by atoms with E-state index in [0.29, 0.717) is 28.6 Å². The normalized spacial score (nSPS) is 15.7. The minimum Gasteiger partial charge on any atom is -0.489 e. The summed E-state index contributed by atoms with van der Waals surface area (Å²) in [5, 5.41) is 3.09. The Kier molecular flexibility index (Phi) is 5.69. The van der Waals surface area contributed by atoms with Crippen molar-refractivity contribution < 1.29 is 14.3 Å². The molecule has 2 aromatic carbocycles. The minimum atomic E-state index is -0.561. The number of carbonyl (C=O) groups excluding carboxylic acids is 2. The number of anilines is 1. The summed E-state index contributed by atoms with van der Waals surface area (Å²) in [6.45, 7) is 3.92. The number of carbonyl (C=O) groups is 2. The quantitative estimate of drug-likeness (QED) is 0.361. The van der Waals surface area contributed by atoms with Crippen LogP contribution in [0, 0.1) is 0 Å². The largest absolute Gasteiger partial charge is 0.489 e. The van der Waals surface area contributed by atoms with Crippen molar-refractivity contribution in [2.24, 2.45) is 0 Å². The fraction of sp³-hybridized carbons (Fsp3) is 0.0500. The number of nitrogens with zero attached hydrogens (tertiary/aromatic N) is 1. The number of hydrogen-bond donors (Lipinski definition) is 1. The molecule has 1 aliphatic rings. The first kappa shape index (κ1) is 18.8. The molecule has 1 saturated heterocycles. The van der Waals surface area contributed by atoms with Gasteiger partial charge in [-0.25, -0.2) is 0 Å². The SMILES string of the molecule is C=CCOc1ccccc1/C=C1/C(=O)NC(=S)N(c2ccc(Cl)cc2)C1=O. The molecule has 1 aliphatic heterocycles. The van der Waals surface area contributed by atoms with Crippen molar-refractivity contribution in [1.82, 2.24) is 5.32 Å². The standard InChI is InChI=1S/C20H15ClN2O3S/c1-2-11-26-17-6-4-3-5-13(17)12-16-18(24)22-20(27)23(19(16)25)15-9-7-14(21)8-10-15/h2-10,12H,1,11H2,(H,22,24,27)/b16-12-. The molecule has 0 saturated carbocycles. The molecular weight excluding hydrogens is 384 g/mol. The Morgan fingerprint density at radius 1 is 1.15 bits per heavy atom. The van der Waals surface area contributed by atoms with Gasteiger partial charge in [0.25, 0.3) is 11.8 Å². The Balaban J connectivity index is 2.00. The second-order valence-electron chi connectivity index (χ2n) is 5.57. The number of amides is 2. The smallest absolute Gasteiger partial charge is 0.270 e. The number of para-hydroxylation sites is 1. The van der Waals surface area contributed by atoms with Crippen molar-refractivity contribution in [2.45, 2.75) is 0 Å². The molecule has 1 N–H and O–H groups in total. The van der Waals surface area contributed by atoms with E-state index in [1.165, 1.54) is 11.0 Å². The van der Waals surface area contributed by atoms with E-state index < -0.39 is 11.8 Å². The first-order valence-electron chi connectivity index (χ1n) is 8.01. The Morgan fingerprint density at radius 3 is 2.56 bits per heavy atom.